The van der Waals surface area contributed by atoms with Gasteiger partial charge >= 0.3 is 0 Å². The van der Waals surface area contributed by atoms with E-state index in [9.17, 15) is 14.9 Å². The fourth-order valence-corrected chi connectivity index (χ4v) is 2.17. The molecule has 120 valence electrons. The van der Waals surface area contributed by atoms with Crippen LogP contribution in [-0.4, -0.2) is 31.5 Å². The molecule has 0 aliphatic rings. The van der Waals surface area contributed by atoms with Gasteiger partial charge in [0, 0.05) is 13.1 Å². The number of likely N-dealkylation sites (N-methyl/N-ethyl adjacent to an activating group) is 1. The molecule has 2 aromatic rings. The Kier molecular flexibility index (Phi) is 5.14. The van der Waals surface area contributed by atoms with Crippen LogP contribution in [0.3, 0.4) is 0 Å². The molecule has 0 aromatic heterocycles. The summed E-state index contributed by atoms with van der Waals surface area (Å²) in [5.74, 6) is 0.293. The molecule has 0 bridgehead atoms. The molecule has 7 nitrogen and oxygen atoms in total. The lowest BCUT2D eigenvalue weighted by atomic mass is 10.2. The number of carbonyl (C=O) groups excluding carboxylic acids is 1. The number of nitro benzene ring substituents is 1. The van der Waals surface area contributed by atoms with Crippen LogP contribution in [-0.2, 0) is 4.79 Å². The normalized spacial score (nSPS) is 10.0. The van der Waals surface area contributed by atoms with E-state index in [0.717, 1.165) is 5.69 Å². The van der Waals surface area contributed by atoms with Gasteiger partial charge in [-0.15, -0.1) is 0 Å². The number of hydrogen-bond donors (Lipinski definition) is 1. The Balaban J connectivity index is 2.09. The molecule has 0 aliphatic carbocycles. The summed E-state index contributed by atoms with van der Waals surface area (Å²) < 4.78 is 5.25. The summed E-state index contributed by atoms with van der Waals surface area (Å²) >= 11 is 0. The highest BCUT2D eigenvalue weighted by Crippen LogP contribution is 2.27. The summed E-state index contributed by atoms with van der Waals surface area (Å²) in [7, 11) is 3.30. The number of methoxy groups -OCH3 is 1. The van der Waals surface area contributed by atoms with E-state index in [1.54, 1.807) is 37.3 Å². The molecule has 2 aromatic carbocycles. The molecule has 0 spiro atoms. The van der Waals surface area contributed by atoms with Crippen LogP contribution in [0.4, 0.5) is 17.1 Å². The Labute approximate surface area is 133 Å². The molecule has 0 radical (unpaired) electrons. The van der Waals surface area contributed by atoms with E-state index in [1.165, 1.54) is 12.1 Å². The van der Waals surface area contributed by atoms with E-state index in [-0.39, 0.29) is 23.8 Å². The van der Waals surface area contributed by atoms with Crippen molar-refractivity contribution in [2.45, 2.75) is 0 Å². The second-order valence-electron chi connectivity index (χ2n) is 4.85. The Hall–Kier alpha value is -3.09. The molecule has 23 heavy (non-hydrogen) atoms. The highest BCUT2D eigenvalue weighted by Gasteiger charge is 2.16. The monoisotopic (exact) mass is 315 g/mol. The third kappa shape index (κ3) is 3.97. The number of nitrogens with zero attached hydrogens (tertiary/aromatic N) is 2. The van der Waals surface area contributed by atoms with E-state index < -0.39 is 4.92 Å². The predicted octanol–water partition coefficient (Wildman–Crippen LogP) is 2.68. The van der Waals surface area contributed by atoms with Crippen molar-refractivity contribution >= 4 is 23.0 Å². The van der Waals surface area contributed by atoms with Crippen molar-refractivity contribution in [3.63, 3.8) is 0 Å². The maximum atomic E-state index is 12.2. The summed E-state index contributed by atoms with van der Waals surface area (Å²) in [5, 5.41) is 13.5. The van der Waals surface area contributed by atoms with Crippen molar-refractivity contribution in [3.05, 3.63) is 58.6 Å². The van der Waals surface area contributed by atoms with Gasteiger partial charge in [0.2, 0.25) is 5.91 Å². The van der Waals surface area contributed by atoms with E-state index >= 15 is 0 Å². The van der Waals surface area contributed by atoms with Crippen molar-refractivity contribution in [2.24, 2.45) is 0 Å². The number of carbonyl (C=O) groups is 1. The number of nitro groups is 1. The van der Waals surface area contributed by atoms with Gasteiger partial charge in [0.05, 0.1) is 24.3 Å². The first kappa shape index (κ1) is 16.3. The Morgan fingerprint density at radius 1 is 1.22 bits per heavy atom. The second-order valence-corrected chi connectivity index (χ2v) is 4.85. The summed E-state index contributed by atoms with van der Waals surface area (Å²) in [4.78, 5) is 24.3. The quantitative estimate of drug-likeness (QED) is 0.654. The number of para-hydroxylation sites is 4. The lowest BCUT2D eigenvalue weighted by molar-refractivity contribution is -0.383. The average molecular weight is 315 g/mol. The van der Waals surface area contributed by atoms with Crippen LogP contribution in [0.25, 0.3) is 0 Å². The summed E-state index contributed by atoms with van der Waals surface area (Å²) in [6, 6.07) is 13.3. The first-order valence-corrected chi connectivity index (χ1v) is 6.90. The fraction of sp³-hybridized carbons (Fsp3) is 0.188. The number of nitrogens with one attached hydrogen (secondary N) is 1. The van der Waals surface area contributed by atoms with Crippen molar-refractivity contribution in [3.8, 4) is 5.75 Å². The van der Waals surface area contributed by atoms with Gasteiger partial charge in [-0.05, 0) is 18.2 Å². The Bertz CT molecular complexity index is 718. The molecule has 0 saturated heterocycles. The van der Waals surface area contributed by atoms with Crippen LogP contribution in [0.2, 0.25) is 0 Å². The zero-order valence-corrected chi connectivity index (χ0v) is 12.9. The number of amides is 1. The number of benzene rings is 2. The number of rotatable bonds is 6. The number of anilines is 2. The van der Waals surface area contributed by atoms with Gasteiger partial charge in [0.15, 0.2) is 0 Å². The molecular formula is C16H17N3O4. The molecule has 0 saturated carbocycles. The lowest BCUT2D eigenvalue weighted by Gasteiger charge is -2.21. The van der Waals surface area contributed by atoms with Gasteiger partial charge in [0.25, 0.3) is 5.69 Å². The van der Waals surface area contributed by atoms with Crippen molar-refractivity contribution in [1.82, 2.24) is 0 Å². The minimum Gasteiger partial charge on any atom is -0.495 e. The van der Waals surface area contributed by atoms with E-state index in [4.69, 9.17) is 4.74 Å². The summed E-state index contributed by atoms with van der Waals surface area (Å²) in [5.41, 5.74) is 0.796. The highest BCUT2D eigenvalue weighted by molar-refractivity contribution is 5.96. The van der Waals surface area contributed by atoms with Crippen LogP contribution < -0.4 is 15.0 Å². The first-order chi connectivity index (χ1) is 11.0. The summed E-state index contributed by atoms with van der Waals surface area (Å²) in [6.07, 6.45) is 0. The van der Waals surface area contributed by atoms with Gasteiger partial charge in [-0.25, -0.2) is 0 Å². The van der Waals surface area contributed by atoms with Crippen LogP contribution >= 0.6 is 0 Å². The van der Waals surface area contributed by atoms with Gasteiger partial charge in [-0.1, -0.05) is 24.3 Å². The van der Waals surface area contributed by atoms with Crippen molar-refractivity contribution in [2.75, 3.05) is 30.9 Å². The smallest absolute Gasteiger partial charge is 0.292 e. The van der Waals surface area contributed by atoms with E-state index in [1.807, 2.05) is 18.2 Å². The third-order valence-corrected chi connectivity index (χ3v) is 3.25. The van der Waals surface area contributed by atoms with Crippen LogP contribution in [0, 0.1) is 10.1 Å². The maximum Gasteiger partial charge on any atom is 0.292 e. The SMILES string of the molecule is COc1ccccc1N(C)CC(=O)Nc1ccccc1[N+](=O)[O-]. The van der Waals surface area contributed by atoms with Crippen LogP contribution in [0.5, 0.6) is 5.75 Å². The second kappa shape index (κ2) is 7.26. The zero-order valence-electron chi connectivity index (χ0n) is 12.9. The molecule has 0 fully saturated rings. The van der Waals surface area contributed by atoms with Gasteiger partial charge in [-0.2, -0.15) is 0 Å². The lowest BCUT2D eigenvalue weighted by Crippen LogP contribution is -2.30. The van der Waals surface area contributed by atoms with Crippen LogP contribution in [0.15, 0.2) is 48.5 Å². The third-order valence-electron chi connectivity index (χ3n) is 3.25. The molecule has 0 heterocycles. The summed E-state index contributed by atoms with van der Waals surface area (Å²) in [6.45, 7) is 0.0341. The van der Waals surface area contributed by atoms with E-state index in [0.29, 0.717) is 5.75 Å². The van der Waals surface area contributed by atoms with Gasteiger partial charge in [-0.3, -0.25) is 14.9 Å². The molecule has 7 heteroatoms. The van der Waals surface area contributed by atoms with Gasteiger partial charge < -0.3 is 15.0 Å². The molecule has 1 amide bonds. The Morgan fingerprint density at radius 2 is 1.87 bits per heavy atom. The standard InChI is InChI=1S/C16H17N3O4/c1-18(14-9-5-6-10-15(14)23-2)11-16(20)17-12-7-3-4-8-13(12)19(21)22/h3-10H,11H2,1-2H3,(H,17,20). The predicted molar refractivity (Wildman–Crippen MR) is 88.0 cm³/mol. The van der Waals surface area contributed by atoms with Crippen LogP contribution in [0.1, 0.15) is 0 Å². The largest absolute Gasteiger partial charge is 0.495 e. The average Bonchev–Trinajstić information content (AvgIpc) is 2.54. The first-order valence-electron chi connectivity index (χ1n) is 6.90. The van der Waals surface area contributed by atoms with Crippen molar-refractivity contribution in [1.29, 1.82) is 0 Å². The molecular weight excluding hydrogens is 298 g/mol. The van der Waals surface area contributed by atoms with Gasteiger partial charge in [0.1, 0.15) is 11.4 Å². The molecule has 0 aliphatic heterocycles. The maximum absolute atomic E-state index is 12.2. The topological polar surface area (TPSA) is 84.7 Å². The molecule has 0 atom stereocenters. The van der Waals surface area contributed by atoms with E-state index in [2.05, 4.69) is 5.32 Å². The number of hydrogen-bond acceptors (Lipinski definition) is 5. The number of ether oxygens (including phenoxy) is 1. The minimum absolute atomic E-state index is 0.0341. The molecule has 0 unspecified atom stereocenters. The zero-order chi connectivity index (χ0) is 16.8. The highest BCUT2D eigenvalue weighted by atomic mass is 16.6. The fourth-order valence-electron chi connectivity index (χ4n) is 2.17. The Morgan fingerprint density at radius 3 is 2.57 bits per heavy atom. The minimum atomic E-state index is -0.528. The molecule has 2 rings (SSSR count). The van der Waals surface area contributed by atoms with Crippen molar-refractivity contribution < 1.29 is 14.5 Å². The molecule has 1 N–H and O–H groups in total.